The predicted molar refractivity (Wildman–Crippen MR) is 65.7 cm³/mol. The summed E-state index contributed by atoms with van der Waals surface area (Å²) in [5.74, 6) is 7.00. The Kier molecular flexibility index (Phi) is 3.91. The first-order valence-corrected chi connectivity index (χ1v) is 5.25. The third-order valence-electron chi connectivity index (χ3n) is 2.29. The van der Waals surface area contributed by atoms with Crippen molar-refractivity contribution in [2.24, 2.45) is 0 Å². The van der Waals surface area contributed by atoms with Gasteiger partial charge in [0.2, 0.25) is 0 Å². The molecule has 1 aromatic rings. The van der Waals surface area contributed by atoms with Crippen molar-refractivity contribution < 1.29 is 0 Å². The van der Waals surface area contributed by atoms with Gasteiger partial charge in [0.1, 0.15) is 0 Å². The highest BCUT2D eigenvalue weighted by Crippen LogP contribution is 2.18. The summed E-state index contributed by atoms with van der Waals surface area (Å²) in [4.78, 5) is 0. The number of hydrogen-bond donors (Lipinski definition) is 2. The molecule has 0 saturated heterocycles. The van der Waals surface area contributed by atoms with E-state index in [0.717, 1.165) is 29.0 Å². The number of hydrogen-bond acceptors (Lipinski definition) is 2. The van der Waals surface area contributed by atoms with Gasteiger partial charge in [-0.3, -0.25) is 0 Å². The summed E-state index contributed by atoms with van der Waals surface area (Å²) in [6, 6.07) is 3.89. The van der Waals surface area contributed by atoms with E-state index in [1.165, 1.54) is 5.56 Å². The minimum Gasteiger partial charge on any atom is -0.399 e. The van der Waals surface area contributed by atoms with E-state index in [-0.39, 0.29) is 0 Å². The second kappa shape index (κ2) is 4.97. The summed E-state index contributed by atoms with van der Waals surface area (Å²) < 4.78 is 0. The van der Waals surface area contributed by atoms with Crippen LogP contribution in [0.2, 0.25) is 0 Å². The highest BCUT2D eigenvalue weighted by molar-refractivity contribution is 7.80. The first kappa shape index (κ1) is 11.0. The molecule has 2 N–H and O–H groups in total. The van der Waals surface area contributed by atoms with E-state index in [4.69, 9.17) is 5.73 Å². The number of nitrogen functional groups attached to an aromatic ring is 1. The van der Waals surface area contributed by atoms with Crippen molar-refractivity contribution in [3.63, 3.8) is 0 Å². The van der Waals surface area contributed by atoms with Crippen molar-refractivity contribution in [1.82, 2.24) is 0 Å². The van der Waals surface area contributed by atoms with E-state index in [0.29, 0.717) is 0 Å². The van der Waals surface area contributed by atoms with E-state index >= 15 is 0 Å². The molecule has 0 bridgehead atoms. The first-order valence-electron chi connectivity index (χ1n) is 4.62. The van der Waals surface area contributed by atoms with Gasteiger partial charge in [-0.25, -0.2) is 0 Å². The third-order valence-corrected chi connectivity index (χ3v) is 2.51. The second-order valence-corrected chi connectivity index (χ2v) is 3.67. The molecule has 1 nitrogen and oxygen atoms in total. The van der Waals surface area contributed by atoms with Crippen LogP contribution >= 0.6 is 12.6 Å². The largest absolute Gasteiger partial charge is 0.399 e. The fraction of sp³-hybridized carbons (Fsp3) is 0.333. The van der Waals surface area contributed by atoms with Gasteiger partial charge in [0.05, 0.1) is 0 Å². The Labute approximate surface area is 91.1 Å². The van der Waals surface area contributed by atoms with Gasteiger partial charge >= 0.3 is 0 Å². The maximum Gasteiger partial charge on any atom is 0.0347 e. The number of anilines is 1. The normalized spacial score (nSPS) is 9.36. The van der Waals surface area contributed by atoms with Gasteiger partial charge in [0.15, 0.2) is 0 Å². The molecule has 1 rings (SSSR count). The molecule has 2 heteroatoms. The van der Waals surface area contributed by atoms with Crippen LogP contribution in [0.1, 0.15) is 23.1 Å². The molecule has 0 amide bonds. The molecule has 0 aliphatic rings. The average Bonchev–Trinajstić information content (AvgIpc) is 2.18. The third kappa shape index (κ3) is 2.46. The van der Waals surface area contributed by atoms with E-state index in [1.54, 1.807) is 0 Å². The van der Waals surface area contributed by atoms with Crippen LogP contribution in [0.5, 0.6) is 0 Å². The Morgan fingerprint density at radius 1 is 1.29 bits per heavy atom. The lowest BCUT2D eigenvalue weighted by Crippen LogP contribution is -1.94. The molecule has 0 unspecified atom stereocenters. The van der Waals surface area contributed by atoms with Crippen molar-refractivity contribution in [2.75, 3.05) is 11.5 Å². The second-order valence-electron chi connectivity index (χ2n) is 3.23. The molecule has 0 spiro atoms. The molecule has 0 heterocycles. The van der Waals surface area contributed by atoms with Gasteiger partial charge in [-0.05, 0) is 37.1 Å². The van der Waals surface area contributed by atoms with Crippen LogP contribution in [-0.4, -0.2) is 5.75 Å². The van der Waals surface area contributed by atoms with Gasteiger partial charge in [0.25, 0.3) is 0 Å². The van der Waals surface area contributed by atoms with Crippen LogP contribution in [0, 0.1) is 25.7 Å². The number of thiol groups is 1. The Hall–Kier alpha value is -1.07. The van der Waals surface area contributed by atoms with Gasteiger partial charge in [0, 0.05) is 23.4 Å². The zero-order chi connectivity index (χ0) is 10.6. The van der Waals surface area contributed by atoms with Crippen molar-refractivity contribution in [3.05, 3.63) is 28.8 Å². The van der Waals surface area contributed by atoms with Crippen LogP contribution in [0.3, 0.4) is 0 Å². The smallest absolute Gasteiger partial charge is 0.0347 e. The van der Waals surface area contributed by atoms with Crippen LogP contribution < -0.4 is 5.73 Å². The summed E-state index contributed by atoms with van der Waals surface area (Å²) >= 11 is 4.11. The monoisotopic (exact) mass is 205 g/mol. The Balaban J connectivity index is 3.02. The number of benzene rings is 1. The van der Waals surface area contributed by atoms with Crippen LogP contribution in [-0.2, 0) is 0 Å². The van der Waals surface area contributed by atoms with E-state index in [2.05, 4.69) is 31.4 Å². The van der Waals surface area contributed by atoms with Crippen molar-refractivity contribution in [1.29, 1.82) is 0 Å². The molecule has 1 aromatic carbocycles. The summed E-state index contributed by atoms with van der Waals surface area (Å²) in [6.45, 7) is 4.07. The molecule has 0 saturated carbocycles. The highest BCUT2D eigenvalue weighted by Gasteiger charge is 2.00. The molecular weight excluding hydrogens is 190 g/mol. The van der Waals surface area contributed by atoms with Crippen LogP contribution in [0.25, 0.3) is 0 Å². The fourth-order valence-electron chi connectivity index (χ4n) is 1.19. The minimum atomic E-state index is 0.806. The molecule has 0 aliphatic carbocycles. The summed E-state index contributed by atoms with van der Waals surface area (Å²) in [7, 11) is 0. The highest BCUT2D eigenvalue weighted by atomic mass is 32.1. The maximum absolute atomic E-state index is 5.78. The SMILES string of the molecule is Cc1c(N)ccc(C#CCCS)c1C. The zero-order valence-corrected chi connectivity index (χ0v) is 9.49. The van der Waals surface area contributed by atoms with Crippen LogP contribution in [0.15, 0.2) is 12.1 Å². The van der Waals surface area contributed by atoms with Gasteiger partial charge in [-0.15, -0.1) is 0 Å². The fourth-order valence-corrected chi connectivity index (χ4v) is 1.30. The molecule has 74 valence electrons. The van der Waals surface area contributed by atoms with E-state index < -0.39 is 0 Å². The summed E-state index contributed by atoms with van der Waals surface area (Å²) in [5, 5.41) is 0. The Morgan fingerprint density at radius 3 is 2.64 bits per heavy atom. The van der Waals surface area contributed by atoms with Crippen LogP contribution in [0.4, 0.5) is 5.69 Å². The minimum absolute atomic E-state index is 0.806. The van der Waals surface area contributed by atoms with Gasteiger partial charge < -0.3 is 5.73 Å². The Morgan fingerprint density at radius 2 is 2.00 bits per heavy atom. The molecule has 0 radical (unpaired) electrons. The standard InChI is InChI=1S/C12H15NS/c1-9-10(2)12(13)7-6-11(9)5-3-4-8-14/h6-7,14H,4,8,13H2,1-2H3. The maximum atomic E-state index is 5.78. The van der Waals surface area contributed by atoms with Crippen molar-refractivity contribution in [2.45, 2.75) is 20.3 Å². The van der Waals surface area contributed by atoms with E-state index in [9.17, 15) is 0 Å². The molecule has 0 fully saturated rings. The Bertz CT molecular complexity index is 385. The van der Waals surface area contributed by atoms with Gasteiger partial charge in [-0.1, -0.05) is 11.8 Å². The molecular formula is C12H15NS. The van der Waals surface area contributed by atoms with Gasteiger partial charge in [-0.2, -0.15) is 12.6 Å². The molecule has 0 aromatic heterocycles. The lowest BCUT2D eigenvalue weighted by atomic mass is 10.0. The summed E-state index contributed by atoms with van der Waals surface area (Å²) in [6.07, 6.45) is 0.825. The van der Waals surface area contributed by atoms with Crippen molar-refractivity contribution in [3.8, 4) is 11.8 Å². The topological polar surface area (TPSA) is 26.0 Å². The van der Waals surface area contributed by atoms with E-state index in [1.807, 2.05) is 19.1 Å². The molecule has 0 aliphatic heterocycles. The zero-order valence-electron chi connectivity index (χ0n) is 8.59. The quantitative estimate of drug-likeness (QED) is 0.411. The van der Waals surface area contributed by atoms with Crippen molar-refractivity contribution >= 4 is 18.3 Å². The number of rotatable bonds is 1. The molecule has 14 heavy (non-hydrogen) atoms. The summed E-state index contributed by atoms with van der Waals surface area (Å²) in [5.41, 5.74) is 9.99. The lowest BCUT2D eigenvalue weighted by Gasteiger charge is -2.05. The predicted octanol–water partition coefficient (Wildman–Crippen LogP) is 2.56. The average molecular weight is 205 g/mol. The lowest BCUT2D eigenvalue weighted by molar-refractivity contribution is 1.30. The molecule has 0 atom stereocenters. The number of nitrogens with two attached hydrogens (primary N) is 1. The first-order chi connectivity index (χ1) is 6.66.